The number of halogens is 1. The molecule has 0 aliphatic carbocycles. The van der Waals surface area contributed by atoms with Gasteiger partial charge < -0.3 is 9.88 Å². The van der Waals surface area contributed by atoms with Crippen molar-refractivity contribution in [2.75, 3.05) is 5.32 Å². The number of carbonyl (C=O) groups is 1. The number of aryl methyl sites for hydroxylation is 1. The highest BCUT2D eigenvalue weighted by atomic mass is 79.9. The normalized spacial score (nSPS) is 10.1. The van der Waals surface area contributed by atoms with Crippen LogP contribution in [0.5, 0.6) is 0 Å². The largest absolute Gasteiger partial charge is 0.340 e. The Balaban J connectivity index is 2.17. The zero-order valence-corrected chi connectivity index (χ0v) is 10.1. The lowest BCUT2D eigenvalue weighted by atomic mass is 10.4. The summed E-state index contributed by atoms with van der Waals surface area (Å²) in [5, 5.41) is 2.72. The molecule has 0 atom stereocenters. The van der Waals surface area contributed by atoms with Crippen LogP contribution < -0.4 is 5.32 Å². The second-order valence-electron chi connectivity index (χ2n) is 3.22. The van der Waals surface area contributed by atoms with Gasteiger partial charge in [0.15, 0.2) is 0 Å². The van der Waals surface area contributed by atoms with Crippen molar-refractivity contribution in [1.29, 1.82) is 0 Å². The smallest absolute Gasteiger partial charge is 0.275 e. The van der Waals surface area contributed by atoms with Gasteiger partial charge in [-0.1, -0.05) is 0 Å². The molecule has 2 heterocycles. The SMILES string of the molecule is Cn1cnc(C(=O)Nc2cccnc2Br)c1. The predicted octanol–water partition coefficient (Wildman–Crippen LogP) is 1.83. The summed E-state index contributed by atoms with van der Waals surface area (Å²) in [4.78, 5) is 19.7. The molecule has 0 aromatic carbocycles. The second kappa shape index (κ2) is 4.44. The van der Waals surface area contributed by atoms with Crippen molar-refractivity contribution < 1.29 is 4.79 Å². The third-order valence-electron chi connectivity index (χ3n) is 1.94. The molecule has 0 saturated heterocycles. The molecular weight excluding hydrogens is 272 g/mol. The first-order chi connectivity index (χ1) is 7.66. The van der Waals surface area contributed by atoms with Crippen LogP contribution in [-0.2, 0) is 7.05 Å². The first-order valence-corrected chi connectivity index (χ1v) is 5.36. The Kier molecular flexibility index (Phi) is 3.00. The van der Waals surface area contributed by atoms with Gasteiger partial charge in [0.2, 0.25) is 0 Å². The third-order valence-corrected chi connectivity index (χ3v) is 2.58. The first-order valence-electron chi connectivity index (χ1n) is 4.56. The molecule has 0 saturated carbocycles. The van der Waals surface area contributed by atoms with E-state index in [1.54, 1.807) is 35.4 Å². The maximum Gasteiger partial charge on any atom is 0.275 e. The molecule has 82 valence electrons. The summed E-state index contributed by atoms with van der Waals surface area (Å²) in [6, 6.07) is 3.51. The summed E-state index contributed by atoms with van der Waals surface area (Å²) in [5.74, 6) is -0.255. The van der Waals surface area contributed by atoms with Crippen molar-refractivity contribution >= 4 is 27.5 Å². The summed E-state index contributed by atoms with van der Waals surface area (Å²) in [7, 11) is 1.81. The van der Waals surface area contributed by atoms with Crippen LogP contribution in [-0.4, -0.2) is 20.4 Å². The molecule has 6 heteroatoms. The predicted molar refractivity (Wildman–Crippen MR) is 63.1 cm³/mol. The summed E-state index contributed by atoms with van der Waals surface area (Å²) in [6.07, 6.45) is 4.87. The molecule has 1 N–H and O–H groups in total. The van der Waals surface area contributed by atoms with Gasteiger partial charge in [0.25, 0.3) is 5.91 Å². The minimum Gasteiger partial charge on any atom is -0.340 e. The zero-order valence-electron chi connectivity index (χ0n) is 8.51. The molecule has 2 aromatic heterocycles. The van der Waals surface area contributed by atoms with Gasteiger partial charge in [0.1, 0.15) is 10.3 Å². The lowest BCUT2D eigenvalue weighted by molar-refractivity contribution is 0.102. The highest BCUT2D eigenvalue weighted by molar-refractivity contribution is 9.10. The standard InChI is InChI=1S/C10H9BrN4O/c1-15-5-8(13-6-15)10(16)14-7-3-2-4-12-9(7)11/h2-6H,1H3,(H,14,16). The van der Waals surface area contributed by atoms with Gasteiger partial charge in [-0.15, -0.1) is 0 Å². The molecular formula is C10H9BrN4O. The van der Waals surface area contributed by atoms with Crippen molar-refractivity contribution in [2.24, 2.45) is 7.05 Å². The van der Waals surface area contributed by atoms with E-state index in [1.807, 2.05) is 7.05 Å². The number of nitrogens with zero attached hydrogens (tertiary/aromatic N) is 3. The lowest BCUT2D eigenvalue weighted by Gasteiger charge is -2.03. The van der Waals surface area contributed by atoms with Crippen LogP contribution in [0, 0.1) is 0 Å². The second-order valence-corrected chi connectivity index (χ2v) is 3.97. The van der Waals surface area contributed by atoms with Crippen LogP contribution in [0.2, 0.25) is 0 Å². The van der Waals surface area contributed by atoms with Gasteiger partial charge in [-0.25, -0.2) is 9.97 Å². The van der Waals surface area contributed by atoms with E-state index >= 15 is 0 Å². The van der Waals surface area contributed by atoms with Gasteiger partial charge in [0.05, 0.1) is 12.0 Å². The van der Waals surface area contributed by atoms with Crippen LogP contribution >= 0.6 is 15.9 Å². The van der Waals surface area contributed by atoms with Crippen LogP contribution in [0.15, 0.2) is 35.5 Å². The van der Waals surface area contributed by atoms with E-state index in [0.29, 0.717) is 16.0 Å². The Morgan fingerprint density at radius 2 is 2.31 bits per heavy atom. The lowest BCUT2D eigenvalue weighted by Crippen LogP contribution is -2.12. The van der Waals surface area contributed by atoms with Crippen LogP contribution in [0.25, 0.3) is 0 Å². The summed E-state index contributed by atoms with van der Waals surface area (Å²) in [5.41, 5.74) is 0.997. The number of carbonyl (C=O) groups excluding carboxylic acids is 1. The number of nitrogens with one attached hydrogen (secondary N) is 1. The van der Waals surface area contributed by atoms with Gasteiger partial charge in [-0.3, -0.25) is 4.79 Å². The average Bonchev–Trinajstić information content (AvgIpc) is 2.68. The fourth-order valence-electron chi connectivity index (χ4n) is 1.20. The molecule has 16 heavy (non-hydrogen) atoms. The van der Waals surface area contributed by atoms with E-state index in [9.17, 15) is 4.79 Å². The quantitative estimate of drug-likeness (QED) is 0.854. The molecule has 0 aliphatic heterocycles. The molecule has 0 radical (unpaired) electrons. The van der Waals surface area contributed by atoms with E-state index in [0.717, 1.165) is 0 Å². The van der Waals surface area contributed by atoms with E-state index in [4.69, 9.17) is 0 Å². The van der Waals surface area contributed by atoms with E-state index in [-0.39, 0.29) is 5.91 Å². The summed E-state index contributed by atoms with van der Waals surface area (Å²) < 4.78 is 2.31. The van der Waals surface area contributed by atoms with Crippen molar-refractivity contribution in [3.8, 4) is 0 Å². The third kappa shape index (κ3) is 2.27. The van der Waals surface area contributed by atoms with Crippen molar-refractivity contribution in [1.82, 2.24) is 14.5 Å². The zero-order chi connectivity index (χ0) is 11.5. The maximum absolute atomic E-state index is 11.7. The van der Waals surface area contributed by atoms with E-state index in [1.165, 1.54) is 0 Å². The van der Waals surface area contributed by atoms with Crippen LogP contribution in [0.1, 0.15) is 10.5 Å². The molecule has 0 unspecified atom stereocenters. The molecule has 5 nitrogen and oxygen atoms in total. The van der Waals surface area contributed by atoms with Gasteiger partial charge >= 0.3 is 0 Å². The highest BCUT2D eigenvalue weighted by Crippen LogP contribution is 2.18. The fraction of sp³-hybridized carbons (Fsp3) is 0.100. The van der Waals surface area contributed by atoms with E-state index < -0.39 is 0 Å². The van der Waals surface area contributed by atoms with Crippen molar-refractivity contribution in [2.45, 2.75) is 0 Å². The van der Waals surface area contributed by atoms with E-state index in [2.05, 4.69) is 31.2 Å². The van der Waals surface area contributed by atoms with Gasteiger partial charge in [-0.05, 0) is 28.1 Å². The number of rotatable bonds is 2. The Morgan fingerprint density at radius 3 is 2.94 bits per heavy atom. The fourth-order valence-corrected chi connectivity index (χ4v) is 1.55. The molecule has 1 amide bonds. The minimum absolute atomic E-state index is 0.255. The Labute approximate surface area is 101 Å². The Hall–Kier alpha value is -1.69. The number of amides is 1. The minimum atomic E-state index is -0.255. The Bertz CT molecular complexity index is 523. The molecule has 2 rings (SSSR count). The number of pyridine rings is 1. The topological polar surface area (TPSA) is 59.8 Å². The highest BCUT2D eigenvalue weighted by Gasteiger charge is 2.10. The summed E-state index contributed by atoms with van der Waals surface area (Å²) >= 11 is 3.25. The number of imidazole rings is 1. The number of aromatic nitrogens is 3. The molecule has 2 aromatic rings. The number of hydrogen-bond acceptors (Lipinski definition) is 3. The maximum atomic E-state index is 11.7. The Morgan fingerprint density at radius 1 is 1.50 bits per heavy atom. The first kappa shape index (κ1) is 10.8. The molecule has 0 spiro atoms. The summed E-state index contributed by atoms with van der Waals surface area (Å²) in [6.45, 7) is 0. The van der Waals surface area contributed by atoms with Crippen molar-refractivity contribution in [3.05, 3.63) is 41.2 Å². The van der Waals surface area contributed by atoms with Crippen LogP contribution in [0.4, 0.5) is 5.69 Å². The molecule has 0 fully saturated rings. The molecule has 0 bridgehead atoms. The van der Waals surface area contributed by atoms with Crippen LogP contribution in [0.3, 0.4) is 0 Å². The number of anilines is 1. The molecule has 0 aliphatic rings. The average molecular weight is 281 g/mol. The van der Waals surface area contributed by atoms with Gasteiger partial charge in [0, 0.05) is 19.4 Å². The van der Waals surface area contributed by atoms with Gasteiger partial charge in [-0.2, -0.15) is 0 Å². The number of hydrogen-bond donors (Lipinski definition) is 1. The monoisotopic (exact) mass is 280 g/mol. The van der Waals surface area contributed by atoms with Crippen molar-refractivity contribution in [3.63, 3.8) is 0 Å².